The molecule has 206 valence electrons. The van der Waals surface area contributed by atoms with Crippen LogP contribution in [0.1, 0.15) is 53.8 Å². The number of hydrogen-bond donors (Lipinski definition) is 1. The van der Waals surface area contributed by atoms with Crippen LogP contribution in [0.4, 0.5) is 5.69 Å². The van der Waals surface area contributed by atoms with Crippen LogP contribution >= 0.6 is 11.6 Å². The third-order valence-corrected chi connectivity index (χ3v) is 7.31. The van der Waals surface area contributed by atoms with E-state index in [1.807, 2.05) is 98.8 Å². The minimum atomic E-state index is -0.812. The Morgan fingerprint density at radius 1 is 0.850 bits per heavy atom. The van der Waals surface area contributed by atoms with E-state index in [-0.39, 0.29) is 18.4 Å². The number of aliphatic hydroxyl groups is 1. The number of amides is 1. The number of nitrogens with zero attached hydrogens (tertiary/aromatic N) is 1. The van der Waals surface area contributed by atoms with Crippen molar-refractivity contribution in [1.82, 2.24) is 0 Å². The lowest BCUT2D eigenvalue weighted by Gasteiger charge is -2.38. The Labute approximate surface area is 239 Å². The summed E-state index contributed by atoms with van der Waals surface area (Å²) in [5, 5.41) is 11.6. The summed E-state index contributed by atoms with van der Waals surface area (Å²) >= 11 is 6.22. The SMILES string of the molecule is COc1ccc([C@@H](O)c2ccc(N3C(=O)Cc4cc(OC)c(OC(C)C)cc4C3c3ccc(Cl)cc3)cc2)cc1. The first-order chi connectivity index (χ1) is 19.3. The van der Waals surface area contributed by atoms with E-state index < -0.39 is 12.1 Å². The molecule has 40 heavy (non-hydrogen) atoms. The van der Waals surface area contributed by atoms with Gasteiger partial charge >= 0.3 is 0 Å². The molecule has 1 aliphatic heterocycles. The second kappa shape index (κ2) is 11.6. The fourth-order valence-electron chi connectivity index (χ4n) is 5.12. The van der Waals surface area contributed by atoms with E-state index in [2.05, 4.69) is 0 Å². The molecule has 0 spiro atoms. The lowest BCUT2D eigenvalue weighted by Crippen LogP contribution is -2.41. The molecule has 0 aliphatic carbocycles. The summed E-state index contributed by atoms with van der Waals surface area (Å²) in [6.45, 7) is 3.93. The van der Waals surface area contributed by atoms with Crippen LogP contribution in [0, 0.1) is 0 Å². The summed E-state index contributed by atoms with van der Waals surface area (Å²) in [5.74, 6) is 1.90. The van der Waals surface area contributed by atoms with Crippen molar-refractivity contribution in [2.75, 3.05) is 19.1 Å². The van der Waals surface area contributed by atoms with Gasteiger partial charge in [0, 0.05) is 10.7 Å². The highest BCUT2D eigenvalue weighted by atomic mass is 35.5. The number of ether oxygens (including phenoxy) is 3. The number of carbonyl (C=O) groups is 1. The Balaban J connectivity index is 1.56. The van der Waals surface area contributed by atoms with Crippen LogP contribution in [0.5, 0.6) is 17.2 Å². The van der Waals surface area contributed by atoms with Gasteiger partial charge in [-0.15, -0.1) is 0 Å². The van der Waals surface area contributed by atoms with Gasteiger partial charge in [0.2, 0.25) is 5.91 Å². The Morgan fingerprint density at radius 3 is 2.05 bits per heavy atom. The van der Waals surface area contributed by atoms with Crippen molar-refractivity contribution in [1.29, 1.82) is 0 Å². The monoisotopic (exact) mass is 557 g/mol. The first-order valence-corrected chi connectivity index (χ1v) is 13.5. The van der Waals surface area contributed by atoms with Gasteiger partial charge in [-0.3, -0.25) is 4.79 Å². The molecule has 0 bridgehead atoms. The van der Waals surface area contributed by atoms with Crippen LogP contribution < -0.4 is 19.1 Å². The van der Waals surface area contributed by atoms with E-state index >= 15 is 0 Å². The van der Waals surface area contributed by atoms with Gasteiger partial charge in [0.25, 0.3) is 0 Å². The standard InChI is InChI=1S/C33H32ClNO5/c1-20(2)40-30-19-28-24(17-29(30)39-4)18-31(36)35(32(28)21-5-11-25(34)12-6-21)26-13-7-22(8-14-26)33(37)23-9-15-27(38-3)16-10-23/h5-17,19-20,32-33,37H,18H2,1-4H3/t32?,33-/m0/s1. The molecule has 7 heteroatoms. The molecule has 0 saturated carbocycles. The van der Waals surface area contributed by atoms with Crippen LogP contribution in [-0.2, 0) is 11.2 Å². The molecule has 0 fully saturated rings. The van der Waals surface area contributed by atoms with E-state index in [1.165, 1.54) is 0 Å². The lowest BCUT2D eigenvalue weighted by atomic mass is 9.86. The van der Waals surface area contributed by atoms with Crippen molar-refractivity contribution in [2.24, 2.45) is 0 Å². The normalized spacial score (nSPS) is 15.5. The second-order valence-electron chi connectivity index (χ2n) is 10.0. The topological polar surface area (TPSA) is 68.2 Å². The van der Waals surface area contributed by atoms with E-state index in [0.29, 0.717) is 16.5 Å². The van der Waals surface area contributed by atoms with Crippen molar-refractivity contribution in [2.45, 2.75) is 38.5 Å². The molecule has 1 heterocycles. The molecular weight excluding hydrogens is 526 g/mol. The number of rotatable bonds is 8. The third-order valence-electron chi connectivity index (χ3n) is 7.06. The van der Waals surface area contributed by atoms with Gasteiger partial charge in [-0.2, -0.15) is 0 Å². The molecule has 0 aromatic heterocycles. The van der Waals surface area contributed by atoms with Crippen molar-refractivity contribution in [3.63, 3.8) is 0 Å². The van der Waals surface area contributed by atoms with Gasteiger partial charge in [-0.05, 0) is 90.2 Å². The molecule has 1 N–H and O–H groups in total. The average molecular weight is 558 g/mol. The van der Waals surface area contributed by atoms with Crippen LogP contribution in [-0.4, -0.2) is 31.3 Å². The Kier molecular flexibility index (Phi) is 8.01. The van der Waals surface area contributed by atoms with Gasteiger partial charge < -0.3 is 24.2 Å². The average Bonchev–Trinajstić information content (AvgIpc) is 2.96. The van der Waals surface area contributed by atoms with Gasteiger partial charge in [0.1, 0.15) is 11.9 Å². The predicted molar refractivity (Wildman–Crippen MR) is 157 cm³/mol. The smallest absolute Gasteiger partial charge is 0.232 e. The molecule has 2 atom stereocenters. The number of fused-ring (bicyclic) bond motifs is 1. The maximum absolute atomic E-state index is 13.7. The number of carbonyl (C=O) groups excluding carboxylic acids is 1. The number of benzene rings is 4. The number of aliphatic hydroxyl groups excluding tert-OH is 1. The number of methoxy groups -OCH3 is 2. The van der Waals surface area contributed by atoms with Crippen LogP contribution in [0.15, 0.2) is 84.9 Å². The fourth-order valence-corrected chi connectivity index (χ4v) is 5.25. The molecule has 0 radical (unpaired) electrons. The Morgan fingerprint density at radius 2 is 1.48 bits per heavy atom. The summed E-state index contributed by atoms with van der Waals surface area (Å²) in [7, 11) is 3.21. The summed E-state index contributed by atoms with van der Waals surface area (Å²) in [6, 6.07) is 25.8. The van der Waals surface area contributed by atoms with Crippen molar-refractivity contribution >= 4 is 23.2 Å². The zero-order chi connectivity index (χ0) is 28.4. The molecule has 4 aromatic carbocycles. The van der Waals surface area contributed by atoms with Gasteiger partial charge in [-0.1, -0.05) is 48.0 Å². The first kappa shape index (κ1) is 27.6. The summed E-state index contributed by atoms with van der Waals surface area (Å²) < 4.78 is 16.9. The van der Waals surface area contributed by atoms with Crippen LogP contribution in [0.3, 0.4) is 0 Å². The van der Waals surface area contributed by atoms with Crippen LogP contribution in [0.25, 0.3) is 0 Å². The quantitative estimate of drug-likeness (QED) is 0.255. The molecule has 4 aromatic rings. The van der Waals surface area contributed by atoms with E-state index in [9.17, 15) is 9.90 Å². The Bertz CT molecular complexity index is 1480. The first-order valence-electron chi connectivity index (χ1n) is 13.2. The van der Waals surface area contributed by atoms with E-state index in [4.69, 9.17) is 25.8 Å². The third kappa shape index (κ3) is 5.51. The minimum absolute atomic E-state index is 0.0458. The molecule has 1 aliphatic rings. The number of anilines is 1. The summed E-state index contributed by atoms with van der Waals surface area (Å²) in [6.07, 6.45) is -0.645. The van der Waals surface area contributed by atoms with Crippen molar-refractivity contribution in [3.05, 3.63) is 118 Å². The maximum atomic E-state index is 13.7. The highest BCUT2D eigenvalue weighted by molar-refractivity contribution is 6.30. The van der Waals surface area contributed by atoms with Gasteiger partial charge in [-0.25, -0.2) is 0 Å². The predicted octanol–water partition coefficient (Wildman–Crippen LogP) is 6.90. The lowest BCUT2D eigenvalue weighted by molar-refractivity contribution is -0.118. The molecule has 1 amide bonds. The highest BCUT2D eigenvalue weighted by Gasteiger charge is 2.36. The zero-order valence-corrected chi connectivity index (χ0v) is 23.7. The maximum Gasteiger partial charge on any atom is 0.232 e. The molecule has 5 rings (SSSR count). The molecular formula is C33H32ClNO5. The fraction of sp³-hybridized carbons (Fsp3) is 0.242. The van der Waals surface area contributed by atoms with E-state index in [1.54, 1.807) is 19.1 Å². The molecule has 1 unspecified atom stereocenters. The summed E-state index contributed by atoms with van der Waals surface area (Å²) in [4.78, 5) is 15.5. The van der Waals surface area contributed by atoms with E-state index in [0.717, 1.165) is 39.3 Å². The van der Waals surface area contributed by atoms with Gasteiger partial charge in [0.15, 0.2) is 11.5 Å². The molecule has 0 saturated heterocycles. The van der Waals surface area contributed by atoms with Crippen molar-refractivity contribution in [3.8, 4) is 17.2 Å². The number of halogens is 1. The van der Waals surface area contributed by atoms with Crippen molar-refractivity contribution < 1.29 is 24.1 Å². The largest absolute Gasteiger partial charge is 0.497 e. The van der Waals surface area contributed by atoms with Crippen LogP contribution in [0.2, 0.25) is 5.02 Å². The minimum Gasteiger partial charge on any atom is -0.497 e. The van der Waals surface area contributed by atoms with Gasteiger partial charge in [0.05, 0.1) is 32.8 Å². The molecule has 6 nitrogen and oxygen atoms in total. The Hall–Kier alpha value is -4.00. The number of hydrogen-bond acceptors (Lipinski definition) is 5. The second-order valence-corrected chi connectivity index (χ2v) is 10.5. The zero-order valence-electron chi connectivity index (χ0n) is 22.9. The highest BCUT2D eigenvalue weighted by Crippen LogP contribution is 2.44. The summed E-state index contributed by atoms with van der Waals surface area (Å²) in [5.41, 5.74) is 4.97.